The molecule has 0 fully saturated rings. The molecule has 0 saturated heterocycles. The molecule has 168 valence electrons. The van der Waals surface area contributed by atoms with Crippen molar-refractivity contribution in [1.82, 2.24) is 0 Å². The van der Waals surface area contributed by atoms with Crippen molar-refractivity contribution in [2.75, 3.05) is 0 Å². The molecular weight excluding hydrogens is 400 g/mol. The molecule has 1 aliphatic heterocycles. The van der Waals surface area contributed by atoms with E-state index in [-0.39, 0.29) is 30.6 Å². The van der Waals surface area contributed by atoms with E-state index in [0.717, 1.165) is 0 Å². The zero-order chi connectivity index (χ0) is 22.9. The molecule has 1 aromatic heterocycles. The lowest BCUT2D eigenvalue weighted by Gasteiger charge is -2.34. The van der Waals surface area contributed by atoms with Crippen LogP contribution in [0.1, 0.15) is 66.1 Å². The molecule has 7 heteroatoms. The van der Waals surface area contributed by atoms with Crippen molar-refractivity contribution in [2.24, 2.45) is 11.8 Å². The summed E-state index contributed by atoms with van der Waals surface area (Å²) < 4.78 is 23.2. The number of rotatable bonds is 7. The predicted octanol–water partition coefficient (Wildman–Crippen LogP) is 4.55. The van der Waals surface area contributed by atoms with Gasteiger partial charge in [0.1, 0.15) is 16.9 Å². The largest absolute Gasteiger partial charge is 0.481 e. The zero-order valence-corrected chi connectivity index (χ0v) is 18.9. The minimum atomic E-state index is -1.10. The van der Waals surface area contributed by atoms with Crippen LogP contribution in [0.3, 0.4) is 0 Å². The zero-order valence-electron chi connectivity index (χ0n) is 18.9. The van der Waals surface area contributed by atoms with Gasteiger partial charge in [0.05, 0.1) is 5.56 Å². The second kappa shape index (κ2) is 8.73. The van der Waals surface area contributed by atoms with Crippen molar-refractivity contribution in [3.05, 3.63) is 40.2 Å². The van der Waals surface area contributed by atoms with Crippen LogP contribution in [0.15, 0.2) is 33.5 Å². The standard InChI is InChI=1S/C24H30O7/c1-13(2)11-18(26)30-22-20-16(9-7-15-8-10-17(25)29-21(15)20)28-23(22)24(5,6)31-19(27)12-14(3)4/h7-10,13-14,22-23H,11-12H2,1-6H3/t22-,23?/m1/s1. The van der Waals surface area contributed by atoms with Crippen molar-refractivity contribution < 1.29 is 28.2 Å². The van der Waals surface area contributed by atoms with Gasteiger partial charge in [-0.3, -0.25) is 9.59 Å². The van der Waals surface area contributed by atoms with Crippen molar-refractivity contribution in [3.63, 3.8) is 0 Å². The highest BCUT2D eigenvalue weighted by molar-refractivity contribution is 5.84. The average molecular weight is 430 g/mol. The Hall–Kier alpha value is -2.83. The van der Waals surface area contributed by atoms with Crippen LogP contribution in [-0.2, 0) is 19.1 Å². The number of hydrogen-bond acceptors (Lipinski definition) is 7. The molecule has 7 nitrogen and oxygen atoms in total. The second-order valence-corrected chi connectivity index (χ2v) is 9.37. The fourth-order valence-corrected chi connectivity index (χ4v) is 3.73. The monoisotopic (exact) mass is 430 g/mol. The van der Waals surface area contributed by atoms with Gasteiger partial charge in [-0.05, 0) is 43.9 Å². The van der Waals surface area contributed by atoms with Crippen LogP contribution >= 0.6 is 0 Å². The summed E-state index contributed by atoms with van der Waals surface area (Å²) in [5.74, 6) is -0.0793. The molecule has 2 aromatic rings. The number of benzene rings is 1. The fourth-order valence-electron chi connectivity index (χ4n) is 3.73. The van der Waals surface area contributed by atoms with Gasteiger partial charge in [-0.2, -0.15) is 0 Å². The molecule has 2 atom stereocenters. The van der Waals surface area contributed by atoms with E-state index in [1.54, 1.807) is 32.0 Å². The van der Waals surface area contributed by atoms with E-state index in [1.807, 2.05) is 27.7 Å². The SMILES string of the molecule is CC(C)CC(=O)O[C@@H]1c2c(ccc3ccc(=O)oc23)OC1C(C)(C)OC(=O)CC(C)C. The summed E-state index contributed by atoms with van der Waals surface area (Å²) in [5, 5.41) is 0.683. The van der Waals surface area contributed by atoms with Crippen LogP contribution in [0.5, 0.6) is 5.75 Å². The molecule has 0 saturated carbocycles. The Balaban J connectivity index is 2.03. The summed E-state index contributed by atoms with van der Waals surface area (Å²) in [6, 6.07) is 6.49. The van der Waals surface area contributed by atoms with E-state index >= 15 is 0 Å². The molecule has 0 aliphatic carbocycles. The van der Waals surface area contributed by atoms with Crippen LogP contribution in [0, 0.1) is 11.8 Å². The van der Waals surface area contributed by atoms with Gasteiger partial charge in [0.2, 0.25) is 0 Å². The third kappa shape index (κ3) is 5.09. The minimum absolute atomic E-state index is 0.107. The summed E-state index contributed by atoms with van der Waals surface area (Å²) in [6.07, 6.45) is -1.21. The number of hydrogen-bond donors (Lipinski definition) is 0. The minimum Gasteiger partial charge on any atom is -0.481 e. The first-order valence-electron chi connectivity index (χ1n) is 10.6. The smallest absolute Gasteiger partial charge is 0.336 e. The highest BCUT2D eigenvalue weighted by atomic mass is 16.6. The molecular formula is C24H30O7. The lowest BCUT2D eigenvalue weighted by molar-refractivity contribution is -0.178. The van der Waals surface area contributed by atoms with Gasteiger partial charge in [-0.15, -0.1) is 0 Å². The van der Waals surface area contributed by atoms with E-state index in [1.165, 1.54) is 6.07 Å². The van der Waals surface area contributed by atoms with Gasteiger partial charge in [0.25, 0.3) is 0 Å². The van der Waals surface area contributed by atoms with Gasteiger partial charge < -0.3 is 18.6 Å². The molecule has 3 rings (SSSR count). The van der Waals surface area contributed by atoms with Crippen molar-refractivity contribution in [1.29, 1.82) is 0 Å². The molecule has 31 heavy (non-hydrogen) atoms. The molecule has 1 aromatic carbocycles. The third-order valence-electron chi connectivity index (χ3n) is 5.07. The Morgan fingerprint density at radius 1 is 1.00 bits per heavy atom. The van der Waals surface area contributed by atoms with Crippen molar-refractivity contribution in [2.45, 2.75) is 72.2 Å². The van der Waals surface area contributed by atoms with Crippen molar-refractivity contribution >= 4 is 22.9 Å². The van der Waals surface area contributed by atoms with Crippen LogP contribution in [0.25, 0.3) is 11.0 Å². The third-order valence-corrected chi connectivity index (χ3v) is 5.07. The van der Waals surface area contributed by atoms with Crippen LogP contribution in [0.4, 0.5) is 0 Å². The normalized spacial score (nSPS) is 18.2. The van der Waals surface area contributed by atoms with Gasteiger partial charge in [0, 0.05) is 24.3 Å². The average Bonchev–Trinajstić information content (AvgIpc) is 2.99. The number of ether oxygens (including phenoxy) is 3. The summed E-state index contributed by atoms with van der Waals surface area (Å²) in [7, 11) is 0. The Bertz CT molecular complexity index is 1030. The molecule has 0 radical (unpaired) electrons. The number of carbonyl (C=O) groups is 2. The van der Waals surface area contributed by atoms with E-state index < -0.39 is 29.4 Å². The highest BCUT2D eigenvalue weighted by Gasteiger charge is 2.50. The second-order valence-electron chi connectivity index (χ2n) is 9.37. The molecule has 0 amide bonds. The first-order chi connectivity index (χ1) is 14.5. The summed E-state index contributed by atoms with van der Waals surface area (Å²) >= 11 is 0. The molecule has 1 unspecified atom stereocenters. The molecule has 0 bridgehead atoms. The predicted molar refractivity (Wildman–Crippen MR) is 115 cm³/mol. The maximum absolute atomic E-state index is 12.6. The quantitative estimate of drug-likeness (QED) is 0.470. The van der Waals surface area contributed by atoms with Gasteiger partial charge in [0.15, 0.2) is 12.2 Å². The Morgan fingerprint density at radius 2 is 1.61 bits per heavy atom. The Morgan fingerprint density at radius 3 is 2.26 bits per heavy atom. The van der Waals surface area contributed by atoms with Crippen LogP contribution in [0.2, 0.25) is 0 Å². The molecule has 0 N–H and O–H groups in total. The number of carbonyl (C=O) groups excluding carboxylic acids is 2. The first-order valence-corrected chi connectivity index (χ1v) is 10.6. The van der Waals surface area contributed by atoms with Gasteiger partial charge in [-0.1, -0.05) is 27.7 Å². The maximum atomic E-state index is 12.6. The fraction of sp³-hybridized carbons (Fsp3) is 0.542. The van der Waals surface area contributed by atoms with Gasteiger partial charge >= 0.3 is 17.6 Å². The van der Waals surface area contributed by atoms with Crippen LogP contribution in [-0.4, -0.2) is 23.6 Å². The van der Waals surface area contributed by atoms with E-state index in [4.69, 9.17) is 18.6 Å². The van der Waals surface area contributed by atoms with Crippen LogP contribution < -0.4 is 10.4 Å². The summed E-state index contributed by atoms with van der Waals surface area (Å²) in [5.41, 5.74) is -0.835. The molecule has 0 spiro atoms. The highest BCUT2D eigenvalue weighted by Crippen LogP contribution is 2.47. The summed E-state index contributed by atoms with van der Waals surface area (Å²) in [4.78, 5) is 36.9. The topological polar surface area (TPSA) is 92.0 Å². The van der Waals surface area contributed by atoms with E-state index in [0.29, 0.717) is 22.3 Å². The number of fused-ring (bicyclic) bond motifs is 3. The molecule has 1 aliphatic rings. The maximum Gasteiger partial charge on any atom is 0.336 e. The van der Waals surface area contributed by atoms with Crippen molar-refractivity contribution in [3.8, 4) is 5.75 Å². The lowest BCUT2D eigenvalue weighted by atomic mass is 9.93. The Kier molecular flexibility index (Phi) is 6.43. The first kappa shape index (κ1) is 22.8. The summed E-state index contributed by atoms with van der Waals surface area (Å²) in [6.45, 7) is 11.2. The van der Waals surface area contributed by atoms with Gasteiger partial charge in [-0.25, -0.2) is 4.79 Å². The van der Waals surface area contributed by atoms with E-state index in [2.05, 4.69) is 0 Å². The number of esters is 2. The lowest BCUT2D eigenvalue weighted by Crippen LogP contribution is -2.46. The van der Waals surface area contributed by atoms with E-state index in [9.17, 15) is 14.4 Å². The Labute approximate surface area is 181 Å². The molecule has 2 heterocycles.